The lowest BCUT2D eigenvalue weighted by atomic mass is 9.80. The first-order valence-electron chi connectivity index (χ1n) is 7.29. The Labute approximate surface area is 119 Å². The van der Waals surface area contributed by atoms with Crippen LogP contribution in [0.5, 0.6) is 0 Å². The standard InChI is InChI=1S/C14H25N3O3/c1-13(5-7-17(2)8-6-13)9-15-12(20)16-10-14(3-4-14)11(18)19/h3-10H2,1-2H3,(H,18,19)(H2,15,16,20). The van der Waals surface area contributed by atoms with Crippen molar-refractivity contribution >= 4 is 12.0 Å². The van der Waals surface area contributed by atoms with Crippen LogP contribution in [0.3, 0.4) is 0 Å². The van der Waals surface area contributed by atoms with Gasteiger partial charge in [-0.1, -0.05) is 6.92 Å². The SMILES string of the molecule is CN1CCC(C)(CNC(=O)NCC2(C(=O)O)CC2)CC1. The number of urea groups is 1. The topological polar surface area (TPSA) is 81.7 Å². The van der Waals surface area contributed by atoms with Crippen molar-refractivity contribution in [1.29, 1.82) is 0 Å². The maximum atomic E-state index is 11.8. The molecule has 0 aromatic rings. The van der Waals surface area contributed by atoms with Crippen LogP contribution in [-0.2, 0) is 4.79 Å². The summed E-state index contributed by atoms with van der Waals surface area (Å²) in [6.07, 6.45) is 3.46. The van der Waals surface area contributed by atoms with Crippen molar-refractivity contribution < 1.29 is 14.7 Å². The van der Waals surface area contributed by atoms with Crippen LogP contribution in [0.15, 0.2) is 0 Å². The van der Waals surface area contributed by atoms with Gasteiger partial charge in [0.2, 0.25) is 0 Å². The first kappa shape index (κ1) is 15.1. The van der Waals surface area contributed by atoms with Gasteiger partial charge in [-0.3, -0.25) is 4.79 Å². The van der Waals surface area contributed by atoms with Gasteiger partial charge in [0.05, 0.1) is 5.41 Å². The molecule has 1 saturated carbocycles. The number of carboxylic acid groups (broad SMARTS) is 1. The Morgan fingerprint density at radius 2 is 1.65 bits per heavy atom. The number of likely N-dealkylation sites (tertiary alicyclic amines) is 1. The van der Waals surface area contributed by atoms with Crippen LogP contribution in [0.4, 0.5) is 4.79 Å². The molecule has 20 heavy (non-hydrogen) atoms. The molecule has 3 N–H and O–H groups in total. The quantitative estimate of drug-likeness (QED) is 0.699. The molecule has 0 unspecified atom stereocenters. The van der Waals surface area contributed by atoms with Crippen molar-refractivity contribution in [2.24, 2.45) is 10.8 Å². The van der Waals surface area contributed by atoms with Crippen LogP contribution in [0.2, 0.25) is 0 Å². The van der Waals surface area contributed by atoms with Gasteiger partial charge in [0.1, 0.15) is 0 Å². The smallest absolute Gasteiger partial charge is 0.314 e. The van der Waals surface area contributed by atoms with E-state index in [1.165, 1.54) is 0 Å². The van der Waals surface area contributed by atoms with Crippen LogP contribution >= 0.6 is 0 Å². The summed E-state index contributed by atoms with van der Waals surface area (Å²) in [6.45, 7) is 5.18. The Balaban J connectivity index is 1.69. The average Bonchev–Trinajstić information content (AvgIpc) is 3.19. The van der Waals surface area contributed by atoms with Crippen LogP contribution in [0.1, 0.15) is 32.6 Å². The number of aliphatic carboxylic acids is 1. The largest absolute Gasteiger partial charge is 0.481 e. The van der Waals surface area contributed by atoms with E-state index in [0.29, 0.717) is 19.4 Å². The molecule has 0 atom stereocenters. The number of nitrogens with one attached hydrogen (secondary N) is 2. The van der Waals surface area contributed by atoms with Gasteiger partial charge in [-0.2, -0.15) is 0 Å². The fraction of sp³-hybridized carbons (Fsp3) is 0.857. The third-order valence-corrected chi connectivity index (χ3v) is 4.76. The van der Waals surface area contributed by atoms with Crippen molar-refractivity contribution in [3.63, 3.8) is 0 Å². The van der Waals surface area contributed by atoms with Gasteiger partial charge in [-0.05, 0) is 51.2 Å². The van der Waals surface area contributed by atoms with E-state index in [0.717, 1.165) is 25.9 Å². The number of piperidine rings is 1. The fourth-order valence-corrected chi connectivity index (χ4v) is 2.56. The normalized spacial score (nSPS) is 23.9. The number of hydrogen-bond donors (Lipinski definition) is 3. The summed E-state index contributed by atoms with van der Waals surface area (Å²) in [4.78, 5) is 25.1. The Bertz CT molecular complexity index is 385. The molecule has 0 aromatic carbocycles. The monoisotopic (exact) mass is 283 g/mol. The molecule has 6 heteroatoms. The second kappa shape index (κ2) is 5.60. The number of carbonyl (C=O) groups is 2. The number of carboxylic acids is 1. The molecule has 6 nitrogen and oxygen atoms in total. The van der Waals surface area contributed by atoms with Gasteiger partial charge in [0.25, 0.3) is 0 Å². The van der Waals surface area contributed by atoms with Crippen LogP contribution < -0.4 is 10.6 Å². The van der Waals surface area contributed by atoms with Crippen molar-refractivity contribution in [3.05, 3.63) is 0 Å². The summed E-state index contributed by atoms with van der Waals surface area (Å²) in [5, 5.41) is 14.6. The van der Waals surface area contributed by atoms with E-state index >= 15 is 0 Å². The highest BCUT2D eigenvalue weighted by molar-refractivity contribution is 5.80. The summed E-state index contributed by atoms with van der Waals surface area (Å²) >= 11 is 0. The Morgan fingerprint density at radius 1 is 1.10 bits per heavy atom. The zero-order valence-corrected chi connectivity index (χ0v) is 12.4. The third-order valence-electron chi connectivity index (χ3n) is 4.76. The summed E-state index contributed by atoms with van der Waals surface area (Å²) in [7, 11) is 2.11. The minimum absolute atomic E-state index is 0.147. The second-order valence-electron chi connectivity index (χ2n) is 6.74. The molecule has 0 aromatic heterocycles. The minimum Gasteiger partial charge on any atom is -0.481 e. The first-order chi connectivity index (χ1) is 9.35. The molecule has 0 bridgehead atoms. The molecule has 2 fully saturated rings. The van der Waals surface area contributed by atoms with Crippen LogP contribution in [-0.4, -0.2) is 55.2 Å². The minimum atomic E-state index is -0.805. The fourth-order valence-electron chi connectivity index (χ4n) is 2.56. The molecule has 1 aliphatic carbocycles. The average molecular weight is 283 g/mol. The van der Waals surface area contributed by atoms with Gasteiger partial charge in [-0.15, -0.1) is 0 Å². The number of hydrogen-bond acceptors (Lipinski definition) is 3. The van der Waals surface area contributed by atoms with Crippen LogP contribution in [0.25, 0.3) is 0 Å². The van der Waals surface area contributed by atoms with Gasteiger partial charge in [-0.25, -0.2) is 4.79 Å². The van der Waals surface area contributed by atoms with Gasteiger partial charge in [0, 0.05) is 13.1 Å². The van der Waals surface area contributed by atoms with E-state index in [1.54, 1.807) is 0 Å². The Hall–Kier alpha value is -1.30. The molecular weight excluding hydrogens is 258 g/mol. The van der Waals surface area contributed by atoms with Crippen molar-refractivity contribution in [3.8, 4) is 0 Å². The highest BCUT2D eigenvalue weighted by atomic mass is 16.4. The van der Waals surface area contributed by atoms with E-state index < -0.39 is 11.4 Å². The van der Waals surface area contributed by atoms with Crippen molar-refractivity contribution in [2.75, 3.05) is 33.2 Å². The molecule has 114 valence electrons. The van der Waals surface area contributed by atoms with Crippen molar-refractivity contribution in [1.82, 2.24) is 15.5 Å². The van der Waals surface area contributed by atoms with Crippen LogP contribution in [0, 0.1) is 10.8 Å². The van der Waals surface area contributed by atoms with Gasteiger partial charge < -0.3 is 20.6 Å². The number of rotatable bonds is 5. The lowest BCUT2D eigenvalue weighted by Gasteiger charge is -2.37. The molecule has 0 radical (unpaired) electrons. The van der Waals surface area contributed by atoms with Gasteiger partial charge >= 0.3 is 12.0 Å². The van der Waals surface area contributed by atoms with E-state index in [4.69, 9.17) is 5.11 Å². The molecule has 1 saturated heterocycles. The molecule has 2 rings (SSSR count). The highest BCUT2D eigenvalue weighted by Gasteiger charge is 2.50. The number of carbonyl (C=O) groups excluding carboxylic acids is 1. The number of amides is 2. The van der Waals surface area contributed by atoms with Crippen molar-refractivity contribution in [2.45, 2.75) is 32.6 Å². The predicted octanol–water partition coefficient (Wildman–Crippen LogP) is 0.882. The summed E-state index contributed by atoms with van der Waals surface area (Å²) in [5.74, 6) is -0.805. The summed E-state index contributed by atoms with van der Waals surface area (Å²) in [6, 6.07) is -0.252. The number of nitrogens with zero attached hydrogens (tertiary/aromatic N) is 1. The zero-order chi connectivity index (χ0) is 14.8. The molecule has 1 heterocycles. The third kappa shape index (κ3) is 3.62. The summed E-state index contributed by atoms with van der Waals surface area (Å²) in [5.41, 5.74) is -0.553. The molecule has 0 spiro atoms. The Morgan fingerprint density at radius 3 is 2.15 bits per heavy atom. The zero-order valence-electron chi connectivity index (χ0n) is 12.4. The lowest BCUT2D eigenvalue weighted by Crippen LogP contribution is -2.47. The first-order valence-corrected chi connectivity index (χ1v) is 7.29. The van der Waals surface area contributed by atoms with E-state index in [9.17, 15) is 9.59 Å². The molecule has 2 amide bonds. The molecule has 1 aliphatic heterocycles. The Kier molecular flexibility index (Phi) is 4.22. The lowest BCUT2D eigenvalue weighted by molar-refractivity contribution is -0.143. The maximum absolute atomic E-state index is 11.8. The van der Waals surface area contributed by atoms with E-state index in [-0.39, 0.29) is 18.0 Å². The highest BCUT2D eigenvalue weighted by Crippen LogP contribution is 2.45. The predicted molar refractivity (Wildman–Crippen MR) is 75.5 cm³/mol. The second-order valence-corrected chi connectivity index (χ2v) is 6.74. The molecular formula is C14H25N3O3. The maximum Gasteiger partial charge on any atom is 0.314 e. The van der Waals surface area contributed by atoms with E-state index in [2.05, 4.69) is 29.5 Å². The van der Waals surface area contributed by atoms with E-state index in [1.807, 2.05) is 0 Å². The molecule has 2 aliphatic rings. The van der Waals surface area contributed by atoms with Gasteiger partial charge in [0.15, 0.2) is 0 Å². The summed E-state index contributed by atoms with van der Waals surface area (Å²) < 4.78 is 0.